The minimum atomic E-state index is -0.267. The summed E-state index contributed by atoms with van der Waals surface area (Å²) in [6, 6.07) is 9.00. The molecule has 3 rings (SSSR count). The highest BCUT2D eigenvalue weighted by Crippen LogP contribution is 2.30. The average Bonchev–Trinajstić information content (AvgIpc) is 2.90. The number of aromatic nitrogens is 1. The molecule has 3 aromatic rings. The van der Waals surface area contributed by atoms with E-state index in [2.05, 4.69) is 32.3 Å². The van der Waals surface area contributed by atoms with Gasteiger partial charge in [-0.15, -0.1) is 11.3 Å². The molecule has 1 unspecified atom stereocenters. The number of rotatable bonds is 3. The summed E-state index contributed by atoms with van der Waals surface area (Å²) >= 11 is 5.02. The van der Waals surface area contributed by atoms with E-state index in [1.54, 1.807) is 17.4 Å². The largest absolute Gasteiger partial charge is 0.375 e. The van der Waals surface area contributed by atoms with Gasteiger partial charge in [0.1, 0.15) is 5.82 Å². The molecule has 5 heteroatoms. The predicted octanol–water partition coefficient (Wildman–Crippen LogP) is 5.37. The number of nitrogens with zero attached hydrogens (tertiary/aromatic N) is 1. The van der Waals surface area contributed by atoms with Crippen LogP contribution in [0, 0.1) is 5.82 Å². The first-order chi connectivity index (χ1) is 9.65. The van der Waals surface area contributed by atoms with E-state index >= 15 is 0 Å². The number of hydrogen-bond donors (Lipinski definition) is 1. The third kappa shape index (κ3) is 2.55. The van der Waals surface area contributed by atoms with E-state index < -0.39 is 0 Å². The summed E-state index contributed by atoms with van der Waals surface area (Å²) in [6.07, 6.45) is 1.83. The Bertz CT molecular complexity index is 736. The van der Waals surface area contributed by atoms with Crippen LogP contribution in [0.1, 0.15) is 18.5 Å². The van der Waals surface area contributed by atoms with Gasteiger partial charge in [0, 0.05) is 10.7 Å². The maximum Gasteiger partial charge on any atom is 0.147 e. The van der Waals surface area contributed by atoms with E-state index in [0.717, 1.165) is 20.3 Å². The molecule has 0 fully saturated rings. The van der Waals surface area contributed by atoms with E-state index in [-0.39, 0.29) is 11.9 Å². The lowest BCUT2D eigenvalue weighted by molar-refractivity contribution is 0.626. The zero-order valence-corrected chi connectivity index (χ0v) is 13.1. The second-order valence-corrected chi connectivity index (χ2v) is 6.34. The highest BCUT2D eigenvalue weighted by molar-refractivity contribution is 9.10. The molecule has 0 spiro atoms. The first-order valence-corrected chi connectivity index (χ1v) is 7.86. The molecule has 0 saturated heterocycles. The van der Waals surface area contributed by atoms with Gasteiger partial charge in [0.25, 0.3) is 0 Å². The molecule has 0 aliphatic carbocycles. The number of anilines is 1. The lowest BCUT2D eigenvalue weighted by Crippen LogP contribution is -2.08. The van der Waals surface area contributed by atoms with Crippen LogP contribution >= 0.6 is 27.3 Å². The van der Waals surface area contributed by atoms with Crippen molar-refractivity contribution >= 4 is 43.2 Å². The third-order valence-electron chi connectivity index (χ3n) is 3.15. The quantitative estimate of drug-likeness (QED) is 0.686. The van der Waals surface area contributed by atoms with Gasteiger partial charge in [-0.3, -0.25) is 4.98 Å². The molecule has 0 aliphatic rings. The number of halogens is 2. The van der Waals surface area contributed by atoms with Gasteiger partial charge in [-0.1, -0.05) is 6.07 Å². The molecule has 0 aliphatic heterocycles. The van der Waals surface area contributed by atoms with Crippen molar-refractivity contribution in [1.29, 1.82) is 0 Å². The summed E-state index contributed by atoms with van der Waals surface area (Å²) in [5, 5.41) is 5.22. The van der Waals surface area contributed by atoms with E-state index in [0.29, 0.717) is 5.69 Å². The number of thiophene rings is 1. The molecule has 0 saturated carbocycles. The van der Waals surface area contributed by atoms with Crippen LogP contribution in [0.15, 0.2) is 46.4 Å². The van der Waals surface area contributed by atoms with Crippen molar-refractivity contribution in [3.8, 4) is 0 Å². The number of para-hydroxylation sites is 1. The van der Waals surface area contributed by atoms with Crippen LogP contribution in [-0.2, 0) is 0 Å². The molecule has 20 heavy (non-hydrogen) atoms. The summed E-state index contributed by atoms with van der Waals surface area (Å²) < 4.78 is 15.7. The maximum absolute atomic E-state index is 13.8. The van der Waals surface area contributed by atoms with Gasteiger partial charge in [0.15, 0.2) is 0 Å². The molecule has 1 N–H and O–H groups in total. The van der Waals surface area contributed by atoms with E-state index in [9.17, 15) is 4.39 Å². The van der Waals surface area contributed by atoms with Crippen LogP contribution in [0.25, 0.3) is 10.2 Å². The normalized spacial score (nSPS) is 12.6. The van der Waals surface area contributed by atoms with Gasteiger partial charge in [-0.2, -0.15) is 0 Å². The van der Waals surface area contributed by atoms with E-state index in [4.69, 9.17) is 0 Å². The number of fused-ring (bicyclic) bond motifs is 1. The molecule has 2 nitrogen and oxygen atoms in total. The van der Waals surface area contributed by atoms with Crippen molar-refractivity contribution in [2.75, 3.05) is 5.32 Å². The fraction of sp³-hybridized carbons (Fsp3) is 0.133. The van der Waals surface area contributed by atoms with Crippen molar-refractivity contribution in [2.24, 2.45) is 0 Å². The van der Waals surface area contributed by atoms with E-state index in [1.807, 2.05) is 30.6 Å². The highest BCUT2D eigenvalue weighted by Gasteiger charge is 2.12. The molecule has 0 amide bonds. The van der Waals surface area contributed by atoms with Crippen molar-refractivity contribution in [2.45, 2.75) is 13.0 Å². The number of nitrogens with one attached hydrogen (secondary N) is 1. The summed E-state index contributed by atoms with van der Waals surface area (Å²) in [7, 11) is 0. The summed E-state index contributed by atoms with van der Waals surface area (Å²) in [4.78, 5) is 4.41. The van der Waals surface area contributed by atoms with Crippen LogP contribution in [0.4, 0.5) is 10.1 Å². The molecule has 1 atom stereocenters. The second kappa shape index (κ2) is 5.50. The van der Waals surface area contributed by atoms with Gasteiger partial charge >= 0.3 is 0 Å². The lowest BCUT2D eigenvalue weighted by Gasteiger charge is -2.17. The molecular formula is C15H12BrFN2S. The minimum Gasteiger partial charge on any atom is -0.375 e. The Morgan fingerprint density at radius 3 is 3.00 bits per heavy atom. The number of pyridine rings is 1. The van der Waals surface area contributed by atoms with Crippen LogP contribution < -0.4 is 5.32 Å². The van der Waals surface area contributed by atoms with Crippen molar-refractivity contribution in [3.05, 3.63) is 57.8 Å². The van der Waals surface area contributed by atoms with Gasteiger partial charge in [-0.25, -0.2) is 4.39 Å². The maximum atomic E-state index is 13.8. The lowest BCUT2D eigenvalue weighted by atomic mass is 10.1. The summed E-state index contributed by atoms with van der Waals surface area (Å²) in [5.74, 6) is -0.267. The Kier molecular flexibility index (Phi) is 3.72. The molecule has 0 bridgehead atoms. The number of benzene rings is 1. The topological polar surface area (TPSA) is 24.9 Å². The Morgan fingerprint density at radius 1 is 1.35 bits per heavy atom. The van der Waals surface area contributed by atoms with Gasteiger partial charge < -0.3 is 5.32 Å². The van der Waals surface area contributed by atoms with E-state index in [1.165, 1.54) is 6.07 Å². The van der Waals surface area contributed by atoms with Crippen molar-refractivity contribution in [3.63, 3.8) is 0 Å². The summed E-state index contributed by atoms with van der Waals surface area (Å²) in [6.45, 7) is 2.00. The number of hydrogen-bond acceptors (Lipinski definition) is 3. The zero-order valence-electron chi connectivity index (χ0n) is 10.7. The molecule has 2 aromatic heterocycles. The second-order valence-electron chi connectivity index (χ2n) is 4.54. The Balaban J connectivity index is 1.90. The van der Waals surface area contributed by atoms with Crippen LogP contribution in [-0.4, -0.2) is 4.98 Å². The third-order valence-corrected chi connectivity index (χ3v) is 4.66. The van der Waals surface area contributed by atoms with Gasteiger partial charge in [0.2, 0.25) is 0 Å². The minimum absolute atomic E-state index is 0.0257. The van der Waals surface area contributed by atoms with Crippen molar-refractivity contribution in [1.82, 2.24) is 4.98 Å². The van der Waals surface area contributed by atoms with Crippen LogP contribution in [0.3, 0.4) is 0 Å². The fourth-order valence-corrected chi connectivity index (χ4v) is 3.28. The molecule has 102 valence electrons. The molecule has 0 radical (unpaired) electrons. The molecule has 1 aromatic carbocycles. The summed E-state index contributed by atoms with van der Waals surface area (Å²) in [5.41, 5.74) is 2.51. The molecular weight excluding hydrogens is 339 g/mol. The molecule has 2 heterocycles. The van der Waals surface area contributed by atoms with Crippen molar-refractivity contribution < 1.29 is 4.39 Å². The SMILES string of the molecule is CC(Nc1c(F)cccc1Br)c1cnc2ccsc2c1. The van der Waals surface area contributed by atoms with Gasteiger partial charge in [0.05, 0.1) is 21.9 Å². The Labute approximate surface area is 128 Å². The Hall–Kier alpha value is -1.46. The monoisotopic (exact) mass is 350 g/mol. The standard InChI is InChI=1S/C15H12BrFN2S/c1-9(19-15-11(16)3-2-4-12(15)17)10-7-14-13(18-8-10)5-6-20-14/h2-9,19H,1H3. The zero-order chi connectivity index (χ0) is 14.1. The first kappa shape index (κ1) is 13.5. The smallest absolute Gasteiger partial charge is 0.147 e. The fourth-order valence-electron chi connectivity index (χ4n) is 2.03. The van der Waals surface area contributed by atoms with Crippen LogP contribution in [0.2, 0.25) is 0 Å². The van der Waals surface area contributed by atoms with Crippen LogP contribution in [0.5, 0.6) is 0 Å². The average molecular weight is 351 g/mol. The first-order valence-electron chi connectivity index (χ1n) is 6.19. The highest BCUT2D eigenvalue weighted by atomic mass is 79.9. The Morgan fingerprint density at radius 2 is 2.20 bits per heavy atom. The predicted molar refractivity (Wildman–Crippen MR) is 85.8 cm³/mol. The van der Waals surface area contributed by atoms with Gasteiger partial charge in [-0.05, 0) is 58.1 Å².